The van der Waals surface area contributed by atoms with E-state index in [-0.39, 0.29) is 0 Å². The van der Waals surface area contributed by atoms with Crippen LogP contribution in [0.25, 0.3) is 0 Å². The van der Waals surface area contributed by atoms with Gasteiger partial charge in [-0.1, -0.05) is 53.4 Å². The van der Waals surface area contributed by atoms with Crippen LogP contribution in [0.2, 0.25) is 0 Å². The molecular formula is C20H36P+. The standard InChI is InChI=1S/C20H36P/c1-5-9-13-17-21(18-14-10-6-2,19-15-11-7-3)20-16-12-8-4/h13-20H,5-12H2,1-4H3/q+1/b17-13+,18-14+,19-15+,20-16+. The van der Waals surface area contributed by atoms with Gasteiger partial charge in [0.15, 0.2) is 0 Å². The quantitative estimate of drug-likeness (QED) is 0.318. The van der Waals surface area contributed by atoms with E-state index in [4.69, 9.17) is 0 Å². The Bertz CT molecular complexity index is 264. The van der Waals surface area contributed by atoms with E-state index in [0.29, 0.717) is 0 Å². The lowest BCUT2D eigenvalue weighted by atomic mass is 10.3. The number of rotatable bonds is 12. The molecule has 0 nitrogen and oxygen atoms in total. The summed E-state index contributed by atoms with van der Waals surface area (Å²) in [6.07, 6.45) is 19.2. The Morgan fingerprint density at radius 3 is 0.905 bits per heavy atom. The molecule has 0 aliphatic rings. The first-order valence-electron chi connectivity index (χ1n) is 8.83. The van der Waals surface area contributed by atoms with Crippen molar-refractivity contribution in [3.05, 3.63) is 47.6 Å². The van der Waals surface area contributed by atoms with Gasteiger partial charge in [0.1, 0.15) is 7.26 Å². The molecule has 0 bridgehead atoms. The van der Waals surface area contributed by atoms with E-state index in [1.807, 2.05) is 0 Å². The largest absolute Gasteiger partial charge is 0.113 e. The fourth-order valence-electron chi connectivity index (χ4n) is 1.99. The molecule has 0 aromatic heterocycles. The maximum atomic E-state index is 2.49. The first kappa shape index (κ1) is 20.4. The Morgan fingerprint density at radius 2 is 0.714 bits per heavy atom. The van der Waals surface area contributed by atoms with Crippen LogP contribution in [0.5, 0.6) is 0 Å². The van der Waals surface area contributed by atoms with Crippen LogP contribution in [0.1, 0.15) is 79.1 Å². The van der Waals surface area contributed by atoms with E-state index in [1.54, 1.807) is 0 Å². The third kappa shape index (κ3) is 10.7. The van der Waals surface area contributed by atoms with Crippen molar-refractivity contribution in [2.75, 3.05) is 0 Å². The summed E-state index contributed by atoms with van der Waals surface area (Å²) in [5.41, 5.74) is 0. The molecule has 0 spiro atoms. The molecule has 0 rings (SSSR count). The Kier molecular flexibility index (Phi) is 13.9. The second kappa shape index (κ2) is 14.3. The lowest BCUT2D eigenvalue weighted by molar-refractivity contribution is 0.957. The van der Waals surface area contributed by atoms with Gasteiger partial charge in [-0.3, -0.25) is 0 Å². The molecule has 0 saturated heterocycles. The minimum absolute atomic E-state index is 1.19. The summed E-state index contributed by atoms with van der Waals surface area (Å²) in [6.45, 7) is 8.99. The van der Waals surface area contributed by atoms with E-state index >= 15 is 0 Å². The van der Waals surface area contributed by atoms with Crippen LogP contribution in [0, 0.1) is 0 Å². The average molecular weight is 307 g/mol. The van der Waals surface area contributed by atoms with E-state index in [0.717, 1.165) is 0 Å². The van der Waals surface area contributed by atoms with Crippen molar-refractivity contribution in [2.24, 2.45) is 0 Å². The monoisotopic (exact) mass is 307 g/mol. The highest BCUT2D eigenvalue weighted by Crippen LogP contribution is 2.65. The van der Waals surface area contributed by atoms with Gasteiger partial charge in [-0.2, -0.15) is 0 Å². The van der Waals surface area contributed by atoms with Crippen LogP contribution in [-0.4, -0.2) is 0 Å². The van der Waals surface area contributed by atoms with Crippen molar-refractivity contribution in [3.8, 4) is 0 Å². The molecule has 0 atom stereocenters. The van der Waals surface area contributed by atoms with E-state index in [2.05, 4.69) is 75.3 Å². The third-order valence-corrected chi connectivity index (χ3v) is 6.18. The summed E-state index contributed by atoms with van der Waals surface area (Å²) in [7, 11) is -1.34. The van der Waals surface area contributed by atoms with E-state index in [1.165, 1.54) is 51.4 Å². The molecule has 1 heteroatoms. The summed E-state index contributed by atoms with van der Waals surface area (Å²) in [4.78, 5) is 0. The van der Waals surface area contributed by atoms with Crippen molar-refractivity contribution in [1.29, 1.82) is 0 Å². The van der Waals surface area contributed by atoms with Crippen LogP contribution in [0.4, 0.5) is 0 Å². The smallest absolute Gasteiger partial charge is 0.0651 e. The lowest BCUT2D eigenvalue weighted by Crippen LogP contribution is -1.79. The fraction of sp³-hybridized carbons (Fsp3) is 0.600. The van der Waals surface area contributed by atoms with Gasteiger partial charge in [-0.05, 0) is 50.0 Å². The second-order valence-corrected chi connectivity index (χ2v) is 8.57. The molecule has 0 aromatic carbocycles. The molecule has 0 heterocycles. The third-order valence-electron chi connectivity index (χ3n) is 3.28. The summed E-state index contributed by atoms with van der Waals surface area (Å²) in [5, 5.41) is 0. The first-order chi connectivity index (χ1) is 10.2. The normalized spacial score (nSPS) is 13.5. The SMILES string of the molecule is CCC/C=C/[P+](/C=C/CCC)(/C=C/CCC)/C=C/CCC. The number of hydrogen-bond donors (Lipinski definition) is 0. The zero-order chi connectivity index (χ0) is 15.8. The highest BCUT2D eigenvalue weighted by Gasteiger charge is 2.25. The molecular weight excluding hydrogens is 271 g/mol. The van der Waals surface area contributed by atoms with Gasteiger partial charge in [0.05, 0.1) is 23.3 Å². The van der Waals surface area contributed by atoms with Crippen molar-refractivity contribution < 1.29 is 0 Å². The number of hydrogen-bond acceptors (Lipinski definition) is 0. The molecule has 21 heavy (non-hydrogen) atoms. The molecule has 0 amide bonds. The number of unbranched alkanes of at least 4 members (excludes halogenated alkanes) is 4. The molecule has 0 N–H and O–H groups in total. The van der Waals surface area contributed by atoms with Gasteiger partial charge in [-0.25, -0.2) is 0 Å². The van der Waals surface area contributed by atoms with Crippen LogP contribution >= 0.6 is 7.26 Å². The zero-order valence-corrected chi connectivity index (χ0v) is 15.6. The molecule has 0 aromatic rings. The van der Waals surface area contributed by atoms with Crippen LogP contribution in [-0.2, 0) is 0 Å². The van der Waals surface area contributed by atoms with Crippen LogP contribution in [0.3, 0.4) is 0 Å². The highest BCUT2D eigenvalue weighted by molar-refractivity contribution is 7.87. The molecule has 0 unspecified atom stereocenters. The maximum Gasteiger partial charge on any atom is 0.113 e. The molecule has 0 radical (unpaired) electrons. The maximum absolute atomic E-state index is 2.49. The van der Waals surface area contributed by atoms with Gasteiger partial charge in [-0.15, -0.1) is 0 Å². The number of allylic oxidation sites excluding steroid dienone is 4. The lowest BCUT2D eigenvalue weighted by Gasteiger charge is -2.10. The van der Waals surface area contributed by atoms with E-state index in [9.17, 15) is 0 Å². The van der Waals surface area contributed by atoms with Crippen LogP contribution in [0.15, 0.2) is 47.6 Å². The minimum Gasteiger partial charge on any atom is -0.0651 e. The Balaban J connectivity index is 5.24. The Morgan fingerprint density at radius 1 is 0.476 bits per heavy atom. The molecule has 0 saturated carbocycles. The van der Waals surface area contributed by atoms with Crippen molar-refractivity contribution in [1.82, 2.24) is 0 Å². The van der Waals surface area contributed by atoms with Crippen molar-refractivity contribution in [2.45, 2.75) is 79.1 Å². The summed E-state index contributed by atoms with van der Waals surface area (Å²) >= 11 is 0. The summed E-state index contributed by atoms with van der Waals surface area (Å²) in [6, 6.07) is 0. The average Bonchev–Trinajstić information content (AvgIpc) is 2.48. The fourth-order valence-corrected chi connectivity index (χ4v) is 4.65. The second-order valence-electron chi connectivity index (χ2n) is 5.59. The van der Waals surface area contributed by atoms with Gasteiger partial charge in [0, 0.05) is 0 Å². The minimum atomic E-state index is -1.34. The zero-order valence-electron chi connectivity index (χ0n) is 14.7. The molecule has 0 aliphatic carbocycles. The predicted molar refractivity (Wildman–Crippen MR) is 103 cm³/mol. The van der Waals surface area contributed by atoms with Crippen LogP contribution < -0.4 is 0 Å². The molecule has 0 aliphatic heterocycles. The Hall–Kier alpha value is -0.610. The van der Waals surface area contributed by atoms with Gasteiger partial charge < -0.3 is 0 Å². The summed E-state index contributed by atoms with van der Waals surface area (Å²) in [5.74, 6) is 9.95. The topological polar surface area (TPSA) is 0 Å². The Labute approximate surface area is 134 Å². The van der Waals surface area contributed by atoms with Gasteiger partial charge >= 0.3 is 0 Å². The van der Waals surface area contributed by atoms with Crippen molar-refractivity contribution in [3.63, 3.8) is 0 Å². The van der Waals surface area contributed by atoms with E-state index < -0.39 is 7.26 Å². The summed E-state index contributed by atoms with van der Waals surface area (Å²) < 4.78 is 0. The van der Waals surface area contributed by atoms with Gasteiger partial charge in [0.25, 0.3) is 0 Å². The van der Waals surface area contributed by atoms with Gasteiger partial charge in [0.2, 0.25) is 0 Å². The molecule has 120 valence electrons. The highest BCUT2D eigenvalue weighted by atomic mass is 31.2. The van der Waals surface area contributed by atoms with Crippen molar-refractivity contribution >= 4 is 7.26 Å². The first-order valence-corrected chi connectivity index (χ1v) is 10.9. The molecule has 0 fully saturated rings. The predicted octanol–water partition coefficient (Wildman–Crippen LogP) is 8.26.